The van der Waals surface area contributed by atoms with Gasteiger partial charge in [0, 0.05) is 30.2 Å². The Morgan fingerprint density at radius 1 is 1.08 bits per heavy atom. The Kier molecular flexibility index (Phi) is 7.03. The minimum absolute atomic E-state index is 0.171. The second-order valence-corrected chi connectivity index (χ2v) is 11.8. The van der Waals surface area contributed by atoms with Crippen LogP contribution >= 0.6 is 22.9 Å². The summed E-state index contributed by atoms with van der Waals surface area (Å²) in [4.78, 5) is 24.2. The number of benzene rings is 2. The predicted octanol–water partition coefficient (Wildman–Crippen LogP) is 5.12. The Hall–Kier alpha value is -2.92. The Morgan fingerprint density at radius 3 is 2.50 bits per heavy atom. The third-order valence-electron chi connectivity index (χ3n) is 6.16. The van der Waals surface area contributed by atoms with Crippen LogP contribution in [-0.2, 0) is 21.4 Å². The van der Waals surface area contributed by atoms with E-state index < -0.39 is 21.8 Å². The number of rotatable bonds is 6. The van der Waals surface area contributed by atoms with Gasteiger partial charge >= 0.3 is 0 Å². The first-order chi connectivity index (χ1) is 17.3. The van der Waals surface area contributed by atoms with Gasteiger partial charge in [0.05, 0.1) is 21.8 Å². The first-order valence-electron chi connectivity index (χ1n) is 11.3. The Bertz CT molecular complexity index is 1490. The molecule has 1 fully saturated rings. The molecule has 0 aliphatic carbocycles. The molecule has 0 saturated carbocycles. The molecule has 186 valence electrons. The average molecular weight is 545 g/mol. The van der Waals surface area contributed by atoms with Crippen LogP contribution in [0, 0.1) is 11.7 Å². The van der Waals surface area contributed by atoms with Crippen molar-refractivity contribution in [2.45, 2.75) is 24.3 Å². The van der Waals surface area contributed by atoms with Gasteiger partial charge in [-0.1, -0.05) is 35.1 Å². The molecule has 4 aromatic rings. The van der Waals surface area contributed by atoms with Crippen molar-refractivity contribution < 1.29 is 17.6 Å². The van der Waals surface area contributed by atoms with Gasteiger partial charge in [-0.25, -0.2) is 17.8 Å². The first-order valence-corrected chi connectivity index (χ1v) is 14.0. The molecule has 0 bridgehead atoms. The summed E-state index contributed by atoms with van der Waals surface area (Å²) in [7, 11) is -3.68. The Balaban J connectivity index is 1.37. The van der Waals surface area contributed by atoms with E-state index in [0.29, 0.717) is 33.4 Å². The van der Waals surface area contributed by atoms with Gasteiger partial charge in [-0.15, -0.1) is 0 Å². The Labute approximate surface area is 217 Å². The number of piperidine rings is 1. The second kappa shape index (κ2) is 10.2. The number of fused-ring (bicyclic) bond motifs is 1. The number of pyridine rings is 1. The number of hydrogen-bond acceptors (Lipinski definition) is 6. The van der Waals surface area contributed by atoms with Crippen LogP contribution in [0.3, 0.4) is 0 Å². The molecule has 36 heavy (non-hydrogen) atoms. The maximum atomic E-state index is 14.3. The summed E-state index contributed by atoms with van der Waals surface area (Å²) in [6.07, 6.45) is 2.38. The highest BCUT2D eigenvalue weighted by molar-refractivity contribution is 7.89. The van der Waals surface area contributed by atoms with E-state index in [1.165, 1.54) is 33.8 Å². The van der Waals surface area contributed by atoms with Crippen LogP contribution < -0.4 is 4.90 Å². The normalized spacial score (nSPS) is 15.3. The van der Waals surface area contributed by atoms with E-state index in [9.17, 15) is 17.6 Å². The molecule has 7 nitrogen and oxygen atoms in total. The molecule has 2 aromatic heterocycles. The summed E-state index contributed by atoms with van der Waals surface area (Å²) in [6, 6.07) is 16.2. The molecule has 1 amide bonds. The van der Waals surface area contributed by atoms with Crippen LogP contribution in [0.15, 0.2) is 71.8 Å². The van der Waals surface area contributed by atoms with Gasteiger partial charge in [0.1, 0.15) is 11.3 Å². The fourth-order valence-corrected chi connectivity index (χ4v) is 6.81. The largest absolute Gasteiger partial charge is 0.282 e. The molecule has 5 rings (SSSR count). The molecule has 11 heteroatoms. The Morgan fingerprint density at radius 2 is 1.83 bits per heavy atom. The quantitative estimate of drug-likeness (QED) is 0.336. The number of halogens is 2. The van der Waals surface area contributed by atoms with Gasteiger partial charge in [0.2, 0.25) is 15.9 Å². The van der Waals surface area contributed by atoms with E-state index in [4.69, 9.17) is 11.6 Å². The van der Waals surface area contributed by atoms with Crippen molar-refractivity contribution in [1.29, 1.82) is 0 Å². The molecule has 3 heterocycles. The molecular formula is C25H22ClFN4O3S2. The van der Waals surface area contributed by atoms with Crippen molar-refractivity contribution in [3.05, 3.63) is 83.4 Å². The van der Waals surface area contributed by atoms with Crippen LogP contribution in [0.2, 0.25) is 5.02 Å². The molecule has 0 N–H and O–H groups in total. The number of carbonyl (C=O) groups is 1. The third kappa shape index (κ3) is 4.99. The SMILES string of the molecule is O=C(C1CCN(S(=O)(=O)c2ccc(Cl)cc2)CC1)N(Cc1ccccn1)c1nc2c(F)cccc2s1. The van der Waals surface area contributed by atoms with Gasteiger partial charge in [-0.2, -0.15) is 4.31 Å². The number of aromatic nitrogens is 2. The molecule has 0 unspecified atom stereocenters. The van der Waals surface area contributed by atoms with E-state index in [-0.39, 0.29) is 36.0 Å². The zero-order chi connectivity index (χ0) is 25.3. The molecule has 2 aromatic carbocycles. The van der Waals surface area contributed by atoms with E-state index in [0.717, 1.165) is 0 Å². The number of sulfonamides is 1. The van der Waals surface area contributed by atoms with Crippen molar-refractivity contribution in [3.8, 4) is 0 Å². The minimum Gasteiger partial charge on any atom is -0.282 e. The summed E-state index contributed by atoms with van der Waals surface area (Å²) in [5.74, 6) is -1.02. The van der Waals surface area contributed by atoms with Gasteiger partial charge < -0.3 is 0 Å². The average Bonchev–Trinajstić information content (AvgIpc) is 3.33. The maximum absolute atomic E-state index is 14.3. The van der Waals surface area contributed by atoms with Crippen molar-refractivity contribution in [1.82, 2.24) is 14.3 Å². The van der Waals surface area contributed by atoms with Crippen LogP contribution in [0.1, 0.15) is 18.5 Å². The van der Waals surface area contributed by atoms with Gasteiger partial charge in [0.25, 0.3) is 0 Å². The molecule has 1 aliphatic heterocycles. The van der Waals surface area contributed by atoms with Crippen molar-refractivity contribution in [3.63, 3.8) is 0 Å². The van der Waals surface area contributed by atoms with Crippen LogP contribution in [0.4, 0.5) is 9.52 Å². The maximum Gasteiger partial charge on any atom is 0.243 e. The van der Waals surface area contributed by atoms with E-state index in [1.54, 1.807) is 41.4 Å². The third-order valence-corrected chi connectivity index (χ3v) is 9.36. The molecule has 0 radical (unpaired) electrons. The highest BCUT2D eigenvalue weighted by Crippen LogP contribution is 2.33. The highest BCUT2D eigenvalue weighted by atomic mass is 35.5. The summed E-state index contributed by atoms with van der Waals surface area (Å²) in [5.41, 5.74) is 0.897. The first kappa shape index (κ1) is 24.8. The lowest BCUT2D eigenvalue weighted by Crippen LogP contribution is -2.44. The number of nitrogens with zero attached hydrogens (tertiary/aromatic N) is 4. The van der Waals surface area contributed by atoms with E-state index in [2.05, 4.69) is 9.97 Å². The van der Waals surface area contributed by atoms with Crippen LogP contribution in [0.25, 0.3) is 10.2 Å². The standard InChI is InChI=1S/C25H22ClFN4O3S2/c26-18-7-9-20(10-8-18)36(33,34)30-14-11-17(12-15-30)24(32)31(16-19-4-1-2-13-28-19)25-29-23-21(27)5-3-6-22(23)35-25/h1-10,13,17H,11-12,14-16H2. The number of amides is 1. The minimum atomic E-state index is -3.68. The summed E-state index contributed by atoms with van der Waals surface area (Å²) >= 11 is 7.14. The fraction of sp³-hybridized carbons (Fsp3) is 0.240. The lowest BCUT2D eigenvalue weighted by Gasteiger charge is -2.33. The highest BCUT2D eigenvalue weighted by Gasteiger charge is 2.35. The molecule has 0 spiro atoms. The topological polar surface area (TPSA) is 83.5 Å². The van der Waals surface area contributed by atoms with Crippen molar-refractivity contribution >= 4 is 54.2 Å². The molecule has 0 atom stereocenters. The summed E-state index contributed by atoms with van der Waals surface area (Å²) in [6.45, 7) is 0.616. The molecule has 1 saturated heterocycles. The number of para-hydroxylation sites is 1. The van der Waals surface area contributed by atoms with Crippen LogP contribution in [0.5, 0.6) is 0 Å². The number of hydrogen-bond donors (Lipinski definition) is 0. The van der Waals surface area contributed by atoms with Crippen molar-refractivity contribution in [2.24, 2.45) is 5.92 Å². The van der Waals surface area contributed by atoms with E-state index >= 15 is 0 Å². The smallest absolute Gasteiger partial charge is 0.243 e. The fourth-order valence-electron chi connectivity index (χ4n) is 4.23. The molecule has 1 aliphatic rings. The molecular weight excluding hydrogens is 523 g/mol. The van der Waals surface area contributed by atoms with Crippen LogP contribution in [-0.4, -0.2) is 41.7 Å². The van der Waals surface area contributed by atoms with Gasteiger partial charge in [-0.05, 0) is 61.4 Å². The lowest BCUT2D eigenvalue weighted by molar-refractivity contribution is -0.123. The monoisotopic (exact) mass is 544 g/mol. The number of thiazole rings is 1. The lowest BCUT2D eigenvalue weighted by atomic mass is 9.96. The summed E-state index contributed by atoms with van der Waals surface area (Å²) < 4.78 is 42.4. The summed E-state index contributed by atoms with van der Waals surface area (Å²) in [5, 5.41) is 0.850. The van der Waals surface area contributed by atoms with Gasteiger partial charge in [0.15, 0.2) is 5.13 Å². The van der Waals surface area contributed by atoms with Crippen molar-refractivity contribution in [2.75, 3.05) is 18.0 Å². The van der Waals surface area contributed by atoms with E-state index in [1.807, 2.05) is 12.1 Å². The number of carbonyl (C=O) groups excluding carboxylic acids is 1. The zero-order valence-corrected chi connectivity index (χ0v) is 21.4. The second-order valence-electron chi connectivity index (χ2n) is 8.46. The predicted molar refractivity (Wildman–Crippen MR) is 138 cm³/mol. The van der Waals surface area contributed by atoms with Gasteiger partial charge in [-0.3, -0.25) is 14.7 Å². The number of anilines is 1. The zero-order valence-electron chi connectivity index (χ0n) is 19.0.